The van der Waals surface area contributed by atoms with Crippen LogP contribution in [0.1, 0.15) is 10.5 Å². The molecule has 0 fully saturated rings. The molecule has 7 heteroatoms. The average Bonchev–Trinajstić information content (AvgIpc) is 2.81. The van der Waals surface area contributed by atoms with Gasteiger partial charge in [0.1, 0.15) is 11.5 Å². The van der Waals surface area contributed by atoms with Crippen molar-refractivity contribution in [2.24, 2.45) is 7.05 Å². The summed E-state index contributed by atoms with van der Waals surface area (Å²) in [5, 5.41) is 13.5. The Morgan fingerprint density at radius 3 is 2.61 bits per heavy atom. The SMILES string of the molecule is Cn1c(C(=O)O)cc2c(Nc3ccc(F)c(Cl)c3)cc(Cl)cc21. The number of hydrogen-bond acceptors (Lipinski definition) is 2. The van der Waals surface area contributed by atoms with E-state index in [1.165, 1.54) is 18.2 Å². The van der Waals surface area contributed by atoms with Gasteiger partial charge >= 0.3 is 5.97 Å². The predicted octanol–water partition coefficient (Wildman–Crippen LogP) is 5.07. The van der Waals surface area contributed by atoms with Crippen molar-refractivity contribution in [2.75, 3.05) is 5.32 Å². The maximum absolute atomic E-state index is 13.3. The first kappa shape index (κ1) is 15.6. The Morgan fingerprint density at radius 1 is 1.22 bits per heavy atom. The van der Waals surface area contributed by atoms with Crippen LogP contribution in [0.3, 0.4) is 0 Å². The number of fused-ring (bicyclic) bond motifs is 1. The van der Waals surface area contributed by atoms with E-state index in [4.69, 9.17) is 23.2 Å². The second-order valence-electron chi connectivity index (χ2n) is 5.03. The lowest BCUT2D eigenvalue weighted by atomic mass is 10.2. The maximum atomic E-state index is 13.3. The molecule has 0 saturated heterocycles. The first-order chi connectivity index (χ1) is 10.9. The Labute approximate surface area is 141 Å². The van der Waals surface area contributed by atoms with Gasteiger partial charge in [0.15, 0.2) is 0 Å². The molecule has 1 aromatic heterocycles. The molecule has 3 rings (SSSR count). The fourth-order valence-corrected chi connectivity index (χ4v) is 2.83. The average molecular weight is 353 g/mol. The van der Waals surface area contributed by atoms with Crippen LogP contribution >= 0.6 is 23.2 Å². The lowest BCUT2D eigenvalue weighted by Gasteiger charge is -2.10. The number of aryl methyl sites for hydroxylation is 1. The van der Waals surface area contributed by atoms with Crippen molar-refractivity contribution in [2.45, 2.75) is 0 Å². The highest BCUT2D eigenvalue weighted by molar-refractivity contribution is 6.32. The standard InChI is InChI=1S/C16H11Cl2FN2O2/c1-21-14-5-8(17)4-13(10(14)7-15(21)16(22)23)20-9-2-3-12(19)11(18)6-9/h2-7,20H,1H3,(H,22,23). The highest BCUT2D eigenvalue weighted by Gasteiger charge is 2.15. The number of nitrogens with zero attached hydrogens (tertiary/aromatic N) is 1. The van der Waals surface area contributed by atoms with Crippen LogP contribution in [0, 0.1) is 5.82 Å². The number of hydrogen-bond donors (Lipinski definition) is 2. The Kier molecular flexibility index (Phi) is 3.92. The summed E-state index contributed by atoms with van der Waals surface area (Å²) < 4.78 is 14.8. The van der Waals surface area contributed by atoms with Gasteiger partial charge in [0, 0.05) is 28.8 Å². The van der Waals surface area contributed by atoms with Crippen LogP contribution in [0.15, 0.2) is 36.4 Å². The van der Waals surface area contributed by atoms with Crippen LogP contribution in [0.25, 0.3) is 10.9 Å². The minimum absolute atomic E-state index is 0.00689. The molecule has 0 amide bonds. The third-order valence-electron chi connectivity index (χ3n) is 3.54. The predicted molar refractivity (Wildman–Crippen MR) is 89.6 cm³/mol. The number of halogens is 3. The van der Waals surface area contributed by atoms with E-state index in [1.807, 2.05) is 0 Å². The molecule has 0 spiro atoms. The van der Waals surface area contributed by atoms with Crippen LogP contribution in [0.5, 0.6) is 0 Å². The number of rotatable bonds is 3. The van der Waals surface area contributed by atoms with Crippen LogP contribution in [-0.2, 0) is 7.05 Å². The van der Waals surface area contributed by atoms with Crippen molar-refractivity contribution in [3.8, 4) is 0 Å². The lowest BCUT2D eigenvalue weighted by molar-refractivity contribution is 0.0687. The third-order valence-corrected chi connectivity index (χ3v) is 4.05. The first-order valence-electron chi connectivity index (χ1n) is 6.61. The van der Waals surface area contributed by atoms with Crippen LogP contribution in [0.4, 0.5) is 15.8 Å². The molecule has 0 bridgehead atoms. The molecule has 0 radical (unpaired) electrons. The molecular formula is C16H11Cl2FN2O2. The van der Waals surface area contributed by atoms with Gasteiger partial charge in [0.05, 0.1) is 10.5 Å². The Morgan fingerprint density at radius 2 is 1.96 bits per heavy atom. The summed E-state index contributed by atoms with van der Waals surface area (Å²) in [5.41, 5.74) is 1.99. The molecule has 0 aliphatic carbocycles. The van der Waals surface area contributed by atoms with Gasteiger partial charge in [-0.3, -0.25) is 0 Å². The fourth-order valence-electron chi connectivity index (χ4n) is 2.43. The summed E-state index contributed by atoms with van der Waals surface area (Å²) in [6, 6.07) is 9.15. The molecule has 0 aliphatic rings. The van der Waals surface area contributed by atoms with Crippen LogP contribution in [0.2, 0.25) is 10.0 Å². The molecule has 0 unspecified atom stereocenters. The van der Waals surface area contributed by atoms with Gasteiger partial charge in [0.2, 0.25) is 0 Å². The van der Waals surface area contributed by atoms with E-state index in [0.717, 1.165) is 0 Å². The monoisotopic (exact) mass is 352 g/mol. The lowest BCUT2D eigenvalue weighted by Crippen LogP contribution is -2.03. The number of carbonyl (C=O) groups is 1. The molecule has 3 aromatic rings. The largest absolute Gasteiger partial charge is 0.477 e. The minimum Gasteiger partial charge on any atom is -0.477 e. The van der Waals surface area contributed by atoms with E-state index >= 15 is 0 Å². The molecule has 118 valence electrons. The summed E-state index contributed by atoms with van der Waals surface area (Å²) in [5.74, 6) is -1.54. The first-order valence-corrected chi connectivity index (χ1v) is 7.37. The van der Waals surface area contributed by atoms with Crippen LogP contribution < -0.4 is 5.32 Å². The number of aromatic carboxylic acids is 1. The molecular weight excluding hydrogens is 342 g/mol. The number of nitrogens with one attached hydrogen (secondary N) is 1. The summed E-state index contributed by atoms with van der Waals surface area (Å²) in [4.78, 5) is 11.3. The molecule has 0 atom stereocenters. The third kappa shape index (κ3) is 2.85. The van der Waals surface area contributed by atoms with Gasteiger partial charge in [-0.05, 0) is 36.4 Å². The molecule has 2 aromatic carbocycles. The Hall–Kier alpha value is -2.24. The van der Waals surface area contributed by atoms with E-state index in [9.17, 15) is 14.3 Å². The summed E-state index contributed by atoms with van der Waals surface area (Å²) in [6.45, 7) is 0. The second-order valence-corrected chi connectivity index (χ2v) is 5.88. The number of carboxylic acids is 1. The number of benzene rings is 2. The van der Waals surface area contributed by atoms with Gasteiger partial charge in [-0.1, -0.05) is 23.2 Å². The van der Waals surface area contributed by atoms with E-state index in [0.29, 0.717) is 27.3 Å². The molecule has 0 aliphatic heterocycles. The van der Waals surface area contributed by atoms with Gasteiger partial charge in [-0.25, -0.2) is 9.18 Å². The Balaban J connectivity index is 2.14. The van der Waals surface area contributed by atoms with Crippen molar-refractivity contribution in [1.29, 1.82) is 0 Å². The summed E-state index contributed by atoms with van der Waals surface area (Å²) >= 11 is 11.9. The van der Waals surface area contributed by atoms with Gasteiger partial charge in [-0.2, -0.15) is 0 Å². The normalized spacial score (nSPS) is 11.0. The van der Waals surface area contributed by atoms with Crippen molar-refractivity contribution >= 4 is 51.4 Å². The molecule has 23 heavy (non-hydrogen) atoms. The van der Waals surface area contributed by atoms with Crippen molar-refractivity contribution in [1.82, 2.24) is 4.57 Å². The zero-order valence-electron chi connectivity index (χ0n) is 11.9. The zero-order chi connectivity index (χ0) is 16.7. The number of anilines is 2. The van der Waals surface area contributed by atoms with E-state index in [2.05, 4.69) is 5.32 Å². The second kappa shape index (κ2) is 5.76. The summed E-state index contributed by atoms with van der Waals surface area (Å²) in [6.07, 6.45) is 0. The zero-order valence-corrected chi connectivity index (χ0v) is 13.4. The van der Waals surface area contributed by atoms with E-state index in [-0.39, 0.29) is 10.7 Å². The quantitative estimate of drug-likeness (QED) is 0.692. The van der Waals surface area contributed by atoms with E-state index in [1.54, 1.807) is 29.8 Å². The topological polar surface area (TPSA) is 54.3 Å². The van der Waals surface area contributed by atoms with E-state index < -0.39 is 11.8 Å². The Bertz CT molecular complexity index is 937. The number of aromatic nitrogens is 1. The van der Waals surface area contributed by atoms with Gasteiger partial charge in [-0.15, -0.1) is 0 Å². The smallest absolute Gasteiger partial charge is 0.352 e. The summed E-state index contributed by atoms with van der Waals surface area (Å²) in [7, 11) is 1.65. The van der Waals surface area contributed by atoms with Crippen molar-refractivity contribution in [3.63, 3.8) is 0 Å². The van der Waals surface area contributed by atoms with Crippen LogP contribution in [-0.4, -0.2) is 15.6 Å². The molecule has 0 saturated carbocycles. The molecule has 4 nitrogen and oxygen atoms in total. The molecule has 1 heterocycles. The highest BCUT2D eigenvalue weighted by Crippen LogP contribution is 2.33. The highest BCUT2D eigenvalue weighted by atomic mass is 35.5. The van der Waals surface area contributed by atoms with Gasteiger partial charge in [0.25, 0.3) is 0 Å². The number of carboxylic acid groups (broad SMARTS) is 1. The van der Waals surface area contributed by atoms with Crippen molar-refractivity contribution < 1.29 is 14.3 Å². The fraction of sp³-hybridized carbons (Fsp3) is 0.0625. The molecule has 2 N–H and O–H groups in total. The minimum atomic E-state index is -1.03. The van der Waals surface area contributed by atoms with Gasteiger partial charge < -0.3 is 15.0 Å². The maximum Gasteiger partial charge on any atom is 0.352 e. The van der Waals surface area contributed by atoms with Crippen molar-refractivity contribution in [3.05, 3.63) is 58.0 Å².